The number of fused-ring (bicyclic) bond motifs is 2. The molecule has 0 saturated carbocycles. The van der Waals surface area contributed by atoms with E-state index in [-0.39, 0.29) is 5.91 Å². The maximum absolute atomic E-state index is 13.2. The van der Waals surface area contributed by atoms with Crippen molar-refractivity contribution in [3.63, 3.8) is 0 Å². The maximum atomic E-state index is 13.2. The van der Waals surface area contributed by atoms with Gasteiger partial charge in [0.15, 0.2) is 11.5 Å². The van der Waals surface area contributed by atoms with Crippen LogP contribution in [0.1, 0.15) is 27.9 Å². The largest absolute Gasteiger partial charge is 0.486 e. The van der Waals surface area contributed by atoms with Gasteiger partial charge in [-0.05, 0) is 43.0 Å². The van der Waals surface area contributed by atoms with Gasteiger partial charge in [0.1, 0.15) is 13.2 Å². The fourth-order valence-corrected chi connectivity index (χ4v) is 3.44. The molecule has 4 nitrogen and oxygen atoms in total. The summed E-state index contributed by atoms with van der Waals surface area (Å²) in [6.45, 7) is 3.80. The second-order valence-corrected chi connectivity index (χ2v) is 5.97. The standard InChI is InChI=1S/C19H19NO3/c1-13-5-2-6-14-7-4-10-20(17(13)14)19(21)15-8-3-9-16-18(15)23-12-11-22-16/h2-3,5-6,8-9H,4,7,10-12H2,1H3. The van der Waals surface area contributed by atoms with Crippen molar-refractivity contribution in [2.24, 2.45) is 0 Å². The number of carbonyl (C=O) groups is 1. The van der Waals surface area contributed by atoms with Crippen LogP contribution in [0.3, 0.4) is 0 Å². The molecule has 2 aliphatic rings. The summed E-state index contributed by atoms with van der Waals surface area (Å²) in [7, 11) is 0. The predicted octanol–water partition coefficient (Wildman–Crippen LogP) is 3.36. The Kier molecular flexibility index (Phi) is 3.45. The molecule has 2 aromatic rings. The Morgan fingerprint density at radius 3 is 2.83 bits per heavy atom. The summed E-state index contributed by atoms with van der Waals surface area (Å²) in [4.78, 5) is 15.1. The van der Waals surface area contributed by atoms with E-state index in [2.05, 4.69) is 25.1 Å². The fourth-order valence-electron chi connectivity index (χ4n) is 3.44. The van der Waals surface area contributed by atoms with Gasteiger partial charge < -0.3 is 14.4 Å². The van der Waals surface area contributed by atoms with E-state index >= 15 is 0 Å². The van der Waals surface area contributed by atoms with E-state index in [0.29, 0.717) is 30.3 Å². The Labute approximate surface area is 135 Å². The van der Waals surface area contributed by atoms with Gasteiger partial charge >= 0.3 is 0 Å². The molecule has 0 atom stereocenters. The highest BCUT2D eigenvalue weighted by molar-refractivity contribution is 6.09. The van der Waals surface area contributed by atoms with E-state index in [1.54, 1.807) is 0 Å². The number of benzene rings is 2. The van der Waals surface area contributed by atoms with Gasteiger partial charge in [-0.3, -0.25) is 4.79 Å². The van der Waals surface area contributed by atoms with Crippen molar-refractivity contribution in [2.45, 2.75) is 19.8 Å². The van der Waals surface area contributed by atoms with Gasteiger partial charge in [0.2, 0.25) is 0 Å². The lowest BCUT2D eigenvalue weighted by Gasteiger charge is -2.32. The third-order valence-corrected chi connectivity index (χ3v) is 4.46. The lowest BCUT2D eigenvalue weighted by molar-refractivity contribution is 0.0974. The van der Waals surface area contributed by atoms with Crippen molar-refractivity contribution in [3.8, 4) is 11.5 Å². The van der Waals surface area contributed by atoms with Crippen molar-refractivity contribution >= 4 is 11.6 Å². The summed E-state index contributed by atoms with van der Waals surface area (Å²) >= 11 is 0. The monoisotopic (exact) mass is 309 g/mol. The van der Waals surface area contributed by atoms with Crippen molar-refractivity contribution in [1.82, 2.24) is 0 Å². The van der Waals surface area contributed by atoms with Gasteiger partial charge in [0.25, 0.3) is 5.91 Å². The number of anilines is 1. The molecule has 0 saturated heterocycles. The molecule has 1 amide bonds. The van der Waals surface area contributed by atoms with Crippen LogP contribution in [-0.4, -0.2) is 25.7 Å². The van der Waals surface area contributed by atoms with Gasteiger partial charge in [0.05, 0.1) is 11.3 Å². The third-order valence-electron chi connectivity index (χ3n) is 4.46. The molecule has 4 rings (SSSR count). The Morgan fingerprint density at radius 2 is 1.91 bits per heavy atom. The number of rotatable bonds is 1. The van der Waals surface area contributed by atoms with Crippen molar-refractivity contribution in [2.75, 3.05) is 24.7 Å². The highest BCUT2D eigenvalue weighted by Gasteiger charge is 2.29. The molecule has 0 aromatic heterocycles. The molecule has 23 heavy (non-hydrogen) atoms. The van der Waals surface area contributed by atoms with Gasteiger partial charge in [-0.1, -0.05) is 24.3 Å². The molecular weight excluding hydrogens is 290 g/mol. The Hall–Kier alpha value is -2.49. The molecule has 2 aromatic carbocycles. The van der Waals surface area contributed by atoms with Crippen LogP contribution < -0.4 is 14.4 Å². The summed E-state index contributed by atoms with van der Waals surface area (Å²) in [5.74, 6) is 1.22. The maximum Gasteiger partial charge on any atom is 0.262 e. The summed E-state index contributed by atoms with van der Waals surface area (Å²) in [5.41, 5.74) is 4.01. The first-order valence-electron chi connectivity index (χ1n) is 8.04. The first-order valence-corrected chi connectivity index (χ1v) is 8.04. The van der Waals surface area contributed by atoms with Crippen molar-refractivity contribution in [1.29, 1.82) is 0 Å². The lowest BCUT2D eigenvalue weighted by atomic mass is 9.97. The quantitative estimate of drug-likeness (QED) is 0.811. The van der Waals surface area contributed by atoms with Crippen LogP contribution in [-0.2, 0) is 6.42 Å². The minimum atomic E-state index is -0.0115. The average molecular weight is 309 g/mol. The third kappa shape index (κ3) is 2.34. The molecule has 0 bridgehead atoms. The summed E-state index contributed by atoms with van der Waals surface area (Å²) < 4.78 is 11.3. The Morgan fingerprint density at radius 1 is 1.09 bits per heavy atom. The van der Waals surface area contributed by atoms with Gasteiger partial charge in [-0.15, -0.1) is 0 Å². The Balaban J connectivity index is 1.77. The molecule has 0 spiro atoms. The summed E-state index contributed by atoms with van der Waals surface area (Å²) in [6, 6.07) is 11.8. The highest BCUT2D eigenvalue weighted by Crippen LogP contribution is 2.37. The van der Waals surface area contributed by atoms with Crippen LogP contribution in [0.15, 0.2) is 36.4 Å². The van der Waals surface area contributed by atoms with Crippen molar-refractivity contribution < 1.29 is 14.3 Å². The molecule has 4 heteroatoms. The number of para-hydroxylation sites is 2. The smallest absolute Gasteiger partial charge is 0.262 e. The molecule has 0 N–H and O–H groups in total. The van der Waals surface area contributed by atoms with Crippen LogP contribution in [0.4, 0.5) is 5.69 Å². The minimum Gasteiger partial charge on any atom is -0.486 e. The average Bonchev–Trinajstić information content (AvgIpc) is 2.60. The molecule has 2 heterocycles. The van der Waals surface area contributed by atoms with E-state index in [1.165, 1.54) is 5.56 Å². The normalized spacial score (nSPS) is 16.0. The van der Waals surface area contributed by atoms with Crippen LogP contribution in [0, 0.1) is 6.92 Å². The van der Waals surface area contributed by atoms with Crippen LogP contribution in [0.25, 0.3) is 0 Å². The van der Waals surface area contributed by atoms with Crippen LogP contribution in [0.2, 0.25) is 0 Å². The minimum absolute atomic E-state index is 0.0115. The second kappa shape index (κ2) is 5.61. The van der Waals surface area contributed by atoms with Crippen LogP contribution in [0.5, 0.6) is 11.5 Å². The number of amides is 1. The first-order chi connectivity index (χ1) is 11.3. The van der Waals surface area contributed by atoms with Gasteiger partial charge in [0, 0.05) is 6.54 Å². The number of carbonyl (C=O) groups excluding carboxylic acids is 1. The Bertz CT molecular complexity index is 769. The molecule has 0 unspecified atom stereocenters. The summed E-state index contributed by atoms with van der Waals surface area (Å²) in [6.07, 6.45) is 2.00. The molecule has 0 aliphatic carbocycles. The number of hydrogen-bond donors (Lipinski definition) is 0. The van der Waals surface area contributed by atoms with Crippen LogP contribution >= 0.6 is 0 Å². The topological polar surface area (TPSA) is 38.8 Å². The zero-order valence-electron chi connectivity index (χ0n) is 13.2. The second-order valence-electron chi connectivity index (χ2n) is 5.97. The zero-order valence-corrected chi connectivity index (χ0v) is 13.2. The van der Waals surface area contributed by atoms with Gasteiger partial charge in [-0.25, -0.2) is 0 Å². The molecule has 0 radical (unpaired) electrons. The first kappa shape index (κ1) is 14.1. The molecule has 0 fully saturated rings. The zero-order chi connectivity index (χ0) is 15.8. The van der Waals surface area contributed by atoms with Crippen molar-refractivity contribution in [3.05, 3.63) is 53.1 Å². The molecule has 118 valence electrons. The SMILES string of the molecule is Cc1cccc2c1N(C(=O)c1cccc3c1OCCO3)CCC2. The predicted molar refractivity (Wildman–Crippen MR) is 88.6 cm³/mol. The number of nitrogens with zero attached hydrogens (tertiary/aromatic N) is 1. The van der Waals surface area contributed by atoms with E-state index in [1.807, 2.05) is 23.1 Å². The molecule has 2 aliphatic heterocycles. The number of aryl methyl sites for hydroxylation is 2. The van der Waals surface area contributed by atoms with E-state index in [0.717, 1.165) is 30.6 Å². The molecular formula is C19H19NO3. The summed E-state index contributed by atoms with van der Waals surface area (Å²) in [5, 5.41) is 0. The van der Waals surface area contributed by atoms with Gasteiger partial charge in [-0.2, -0.15) is 0 Å². The fraction of sp³-hybridized carbons (Fsp3) is 0.316. The van der Waals surface area contributed by atoms with E-state index in [4.69, 9.17) is 9.47 Å². The highest BCUT2D eigenvalue weighted by atomic mass is 16.6. The lowest BCUT2D eigenvalue weighted by Crippen LogP contribution is -2.36. The van der Waals surface area contributed by atoms with E-state index in [9.17, 15) is 4.79 Å². The van der Waals surface area contributed by atoms with E-state index < -0.39 is 0 Å². The number of ether oxygens (including phenoxy) is 2. The number of hydrogen-bond acceptors (Lipinski definition) is 3.